The second-order valence-electron chi connectivity index (χ2n) is 6.59. The Bertz CT molecular complexity index is 796. The van der Waals surface area contributed by atoms with E-state index in [1.807, 2.05) is 35.2 Å². The van der Waals surface area contributed by atoms with Crippen LogP contribution in [0.15, 0.2) is 48.5 Å². The molecular formula is C20H20N2O2. The molecule has 0 unspecified atom stereocenters. The van der Waals surface area contributed by atoms with Crippen molar-refractivity contribution in [2.24, 2.45) is 5.92 Å². The van der Waals surface area contributed by atoms with Crippen LogP contribution in [0, 0.1) is 5.92 Å². The average molecular weight is 320 g/mol. The Morgan fingerprint density at radius 1 is 1.00 bits per heavy atom. The van der Waals surface area contributed by atoms with Crippen molar-refractivity contribution in [2.75, 3.05) is 11.9 Å². The Kier molecular flexibility index (Phi) is 3.81. The second-order valence-corrected chi connectivity index (χ2v) is 6.59. The molecule has 0 bridgehead atoms. The van der Waals surface area contributed by atoms with E-state index in [9.17, 15) is 9.59 Å². The minimum Gasteiger partial charge on any atom is -0.334 e. The number of rotatable bonds is 3. The maximum atomic E-state index is 12.8. The Hall–Kier alpha value is -2.62. The molecule has 4 rings (SSSR count). The number of nitrogens with zero attached hydrogens (tertiary/aromatic N) is 1. The van der Waals surface area contributed by atoms with Gasteiger partial charge >= 0.3 is 0 Å². The first kappa shape index (κ1) is 14.9. The number of amides is 2. The predicted molar refractivity (Wildman–Crippen MR) is 92.7 cm³/mol. The third kappa shape index (κ3) is 3.04. The molecule has 4 heteroatoms. The highest BCUT2D eigenvalue weighted by atomic mass is 16.2. The number of nitrogens with one attached hydrogen (secondary N) is 1. The van der Waals surface area contributed by atoms with Crippen LogP contribution in [0.2, 0.25) is 0 Å². The van der Waals surface area contributed by atoms with Crippen molar-refractivity contribution in [2.45, 2.75) is 25.8 Å². The summed E-state index contributed by atoms with van der Waals surface area (Å²) in [6.45, 7) is 1.38. The fourth-order valence-corrected chi connectivity index (χ4v) is 3.17. The number of fused-ring (bicyclic) bond motifs is 1. The van der Waals surface area contributed by atoms with Gasteiger partial charge in [-0.15, -0.1) is 0 Å². The lowest BCUT2D eigenvalue weighted by Gasteiger charge is -2.29. The van der Waals surface area contributed by atoms with Crippen LogP contribution in [-0.4, -0.2) is 23.3 Å². The maximum absolute atomic E-state index is 12.8. The van der Waals surface area contributed by atoms with Crippen LogP contribution in [0.5, 0.6) is 0 Å². The second kappa shape index (κ2) is 6.11. The van der Waals surface area contributed by atoms with Gasteiger partial charge in [-0.25, -0.2) is 0 Å². The van der Waals surface area contributed by atoms with Crippen LogP contribution >= 0.6 is 0 Å². The SMILES string of the molecule is O=C(Nc1cccc(C(=O)N2CCc3ccccc3C2)c1)C1CC1. The smallest absolute Gasteiger partial charge is 0.254 e. The van der Waals surface area contributed by atoms with Gasteiger partial charge in [0.2, 0.25) is 5.91 Å². The number of carbonyl (C=O) groups excluding carboxylic acids is 2. The van der Waals surface area contributed by atoms with E-state index in [0.29, 0.717) is 17.8 Å². The van der Waals surface area contributed by atoms with Gasteiger partial charge < -0.3 is 10.2 Å². The van der Waals surface area contributed by atoms with Crippen molar-refractivity contribution in [3.05, 3.63) is 65.2 Å². The minimum absolute atomic E-state index is 0.0204. The molecule has 2 amide bonds. The summed E-state index contributed by atoms with van der Waals surface area (Å²) < 4.78 is 0. The normalized spacial score (nSPS) is 16.4. The van der Waals surface area contributed by atoms with Gasteiger partial charge in [-0.2, -0.15) is 0 Å². The molecule has 0 aromatic heterocycles. The summed E-state index contributed by atoms with van der Waals surface area (Å²) in [6.07, 6.45) is 2.83. The van der Waals surface area contributed by atoms with E-state index in [1.165, 1.54) is 11.1 Å². The Labute approximate surface area is 141 Å². The van der Waals surface area contributed by atoms with Crippen LogP contribution in [-0.2, 0) is 17.8 Å². The Morgan fingerprint density at radius 2 is 1.79 bits per heavy atom. The summed E-state index contributed by atoms with van der Waals surface area (Å²) in [7, 11) is 0. The van der Waals surface area contributed by atoms with Crippen molar-refractivity contribution in [3.63, 3.8) is 0 Å². The van der Waals surface area contributed by atoms with Gasteiger partial charge in [-0.3, -0.25) is 9.59 Å². The molecule has 1 heterocycles. The quantitative estimate of drug-likeness (QED) is 0.944. The zero-order chi connectivity index (χ0) is 16.5. The van der Waals surface area contributed by atoms with Crippen LogP contribution in [0.1, 0.15) is 34.3 Å². The fraction of sp³-hybridized carbons (Fsp3) is 0.300. The van der Waals surface area contributed by atoms with Crippen LogP contribution in [0.25, 0.3) is 0 Å². The molecule has 1 saturated carbocycles. The summed E-state index contributed by atoms with van der Waals surface area (Å²) in [5.41, 5.74) is 3.88. The van der Waals surface area contributed by atoms with Gasteiger partial charge in [-0.05, 0) is 48.6 Å². The summed E-state index contributed by atoms with van der Waals surface area (Å²) in [6, 6.07) is 15.5. The molecule has 2 aromatic rings. The molecule has 1 aliphatic carbocycles. The van der Waals surface area contributed by atoms with E-state index in [0.717, 1.165) is 25.8 Å². The van der Waals surface area contributed by atoms with Crippen molar-refractivity contribution in [1.82, 2.24) is 4.90 Å². The van der Waals surface area contributed by atoms with Gasteiger partial charge in [0, 0.05) is 30.3 Å². The zero-order valence-corrected chi connectivity index (χ0v) is 13.5. The van der Waals surface area contributed by atoms with Crippen molar-refractivity contribution < 1.29 is 9.59 Å². The van der Waals surface area contributed by atoms with E-state index in [4.69, 9.17) is 0 Å². The molecule has 0 atom stereocenters. The lowest BCUT2D eigenvalue weighted by atomic mass is 9.99. The van der Waals surface area contributed by atoms with E-state index < -0.39 is 0 Å². The summed E-state index contributed by atoms with van der Waals surface area (Å²) in [5, 5.41) is 2.91. The molecule has 0 spiro atoms. The van der Waals surface area contributed by atoms with Crippen molar-refractivity contribution in [3.8, 4) is 0 Å². The molecule has 24 heavy (non-hydrogen) atoms. The molecule has 0 saturated heterocycles. The lowest BCUT2D eigenvalue weighted by Crippen LogP contribution is -2.35. The van der Waals surface area contributed by atoms with Crippen molar-refractivity contribution in [1.29, 1.82) is 0 Å². The summed E-state index contributed by atoms with van der Waals surface area (Å²) in [4.78, 5) is 26.6. The van der Waals surface area contributed by atoms with Crippen LogP contribution < -0.4 is 5.32 Å². The Morgan fingerprint density at radius 3 is 2.58 bits per heavy atom. The molecule has 1 fully saturated rings. The maximum Gasteiger partial charge on any atom is 0.254 e. The number of hydrogen-bond donors (Lipinski definition) is 1. The van der Waals surface area contributed by atoms with E-state index in [2.05, 4.69) is 17.4 Å². The molecule has 1 aliphatic heterocycles. The van der Waals surface area contributed by atoms with Gasteiger partial charge in [0.15, 0.2) is 0 Å². The molecule has 1 N–H and O–H groups in total. The van der Waals surface area contributed by atoms with Gasteiger partial charge in [0.05, 0.1) is 0 Å². The molecule has 2 aliphatic rings. The predicted octanol–water partition coefficient (Wildman–Crippen LogP) is 3.23. The first-order valence-electron chi connectivity index (χ1n) is 8.48. The zero-order valence-electron chi connectivity index (χ0n) is 13.5. The van der Waals surface area contributed by atoms with Crippen LogP contribution in [0.3, 0.4) is 0 Å². The van der Waals surface area contributed by atoms with E-state index >= 15 is 0 Å². The molecule has 0 radical (unpaired) electrons. The minimum atomic E-state index is 0.0204. The number of carbonyl (C=O) groups is 2. The highest BCUT2D eigenvalue weighted by molar-refractivity contribution is 5.98. The third-order valence-corrected chi connectivity index (χ3v) is 4.74. The number of benzene rings is 2. The van der Waals surface area contributed by atoms with Gasteiger partial charge in [-0.1, -0.05) is 30.3 Å². The van der Waals surface area contributed by atoms with E-state index in [1.54, 1.807) is 6.07 Å². The molecule has 122 valence electrons. The fourth-order valence-electron chi connectivity index (χ4n) is 3.17. The third-order valence-electron chi connectivity index (χ3n) is 4.74. The summed E-state index contributed by atoms with van der Waals surface area (Å²) in [5.74, 6) is 0.237. The molecule has 4 nitrogen and oxygen atoms in total. The Balaban J connectivity index is 1.49. The lowest BCUT2D eigenvalue weighted by molar-refractivity contribution is -0.117. The van der Waals surface area contributed by atoms with Gasteiger partial charge in [0.1, 0.15) is 0 Å². The number of anilines is 1. The first-order chi connectivity index (χ1) is 11.7. The van der Waals surface area contributed by atoms with E-state index in [-0.39, 0.29) is 17.7 Å². The average Bonchev–Trinajstić information content (AvgIpc) is 3.46. The number of hydrogen-bond acceptors (Lipinski definition) is 2. The summed E-state index contributed by atoms with van der Waals surface area (Å²) >= 11 is 0. The molecule has 2 aromatic carbocycles. The van der Waals surface area contributed by atoms with Crippen molar-refractivity contribution >= 4 is 17.5 Å². The highest BCUT2D eigenvalue weighted by Gasteiger charge is 2.29. The molecular weight excluding hydrogens is 300 g/mol. The van der Waals surface area contributed by atoms with Crippen LogP contribution in [0.4, 0.5) is 5.69 Å². The monoisotopic (exact) mass is 320 g/mol. The first-order valence-corrected chi connectivity index (χ1v) is 8.48. The largest absolute Gasteiger partial charge is 0.334 e. The van der Waals surface area contributed by atoms with Gasteiger partial charge in [0.25, 0.3) is 5.91 Å². The standard InChI is InChI=1S/C20H20N2O2/c23-19(15-8-9-15)21-18-7-3-6-16(12-18)20(24)22-11-10-14-4-1-2-5-17(14)13-22/h1-7,12,15H,8-11,13H2,(H,21,23). The topological polar surface area (TPSA) is 49.4 Å². The highest BCUT2D eigenvalue weighted by Crippen LogP contribution is 2.30.